The van der Waals surface area contributed by atoms with Crippen molar-refractivity contribution in [1.82, 2.24) is 0 Å². The van der Waals surface area contributed by atoms with E-state index in [9.17, 15) is 13.2 Å². The molecule has 0 unspecified atom stereocenters. The molecule has 2 N–H and O–H groups in total. The van der Waals surface area contributed by atoms with Gasteiger partial charge in [-0.25, -0.2) is 8.42 Å². The molecule has 134 valence electrons. The quantitative estimate of drug-likeness (QED) is 0.788. The van der Waals surface area contributed by atoms with E-state index in [1.807, 2.05) is 6.92 Å². The summed E-state index contributed by atoms with van der Waals surface area (Å²) < 4.78 is 38.4. The summed E-state index contributed by atoms with van der Waals surface area (Å²) >= 11 is 0. The van der Waals surface area contributed by atoms with E-state index in [0.717, 1.165) is 0 Å². The number of hydrogen-bond acceptors (Lipinski definition) is 5. The van der Waals surface area contributed by atoms with Crippen LogP contribution < -0.4 is 19.5 Å². The van der Waals surface area contributed by atoms with E-state index in [4.69, 9.17) is 9.47 Å². The van der Waals surface area contributed by atoms with Gasteiger partial charge in [-0.1, -0.05) is 12.1 Å². The zero-order valence-electron chi connectivity index (χ0n) is 14.2. The highest BCUT2D eigenvalue weighted by atomic mass is 32.2. The number of rotatable bonds is 7. The van der Waals surface area contributed by atoms with Gasteiger partial charge in [-0.2, -0.15) is 0 Å². The van der Waals surface area contributed by atoms with Gasteiger partial charge in [-0.15, -0.1) is 0 Å². The number of para-hydroxylation sites is 2. The Kier molecular flexibility index (Phi) is 5.87. The van der Waals surface area contributed by atoms with Crippen molar-refractivity contribution < 1.29 is 22.7 Å². The Labute approximate surface area is 147 Å². The van der Waals surface area contributed by atoms with Gasteiger partial charge in [-0.05, 0) is 37.3 Å². The highest BCUT2D eigenvalue weighted by Gasteiger charge is 2.19. The van der Waals surface area contributed by atoms with Gasteiger partial charge in [0.05, 0.1) is 30.0 Å². The maximum Gasteiger partial charge on any atom is 0.262 e. The number of hydrogen-bond donors (Lipinski definition) is 2. The van der Waals surface area contributed by atoms with E-state index in [-0.39, 0.29) is 16.5 Å². The smallest absolute Gasteiger partial charge is 0.262 e. The average Bonchev–Trinajstić information content (AvgIpc) is 2.56. The summed E-state index contributed by atoms with van der Waals surface area (Å²) in [5.41, 5.74) is 0.609. The normalized spacial score (nSPS) is 10.8. The Balaban J connectivity index is 2.38. The molecule has 2 aromatic carbocycles. The van der Waals surface area contributed by atoms with Gasteiger partial charge in [0, 0.05) is 6.92 Å². The number of carbonyl (C=O) groups is 1. The van der Waals surface area contributed by atoms with Crippen molar-refractivity contribution in [2.45, 2.75) is 18.7 Å². The third kappa shape index (κ3) is 4.63. The van der Waals surface area contributed by atoms with E-state index in [1.165, 1.54) is 32.2 Å². The standard InChI is InChI=1S/C17H20N2O5S/c1-4-24-17-8-6-5-7-14(17)19-25(21,22)13-9-10-16(23-3)15(11-13)18-12(2)20/h5-11,19H,4H2,1-3H3,(H,18,20). The van der Waals surface area contributed by atoms with Gasteiger partial charge in [0.1, 0.15) is 11.5 Å². The second-order valence-electron chi connectivity index (χ2n) is 5.08. The van der Waals surface area contributed by atoms with Gasteiger partial charge in [0.2, 0.25) is 5.91 Å². The van der Waals surface area contributed by atoms with Crippen molar-refractivity contribution in [3.8, 4) is 11.5 Å². The molecular formula is C17H20N2O5S. The molecule has 0 radical (unpaired) electrons. The highest BCUT2D eigenvalue weighted by molar-refractivity contribution is 7.92. The molecule has 2 rings (SSSR count). The fraction of sp³-hybridized carbons (Fsp3) is 0.235. The van der Waals surface area contributed by atoms with Gasteiger partial charge < -0.3 is 14.8 Å². The van der Waals surface area contributed by atoms with Crippen molar-refractivity contribution in [2.24, 2.45) is 0 Å². The molecule has 1 amide bonds. The summed E-state index contributed by atoms with van der Waals surface area (Å²) in [6, 6.07) is 11.0. The summed E-state index contributed by atoms with van der Waals surface area (Å²) in [7, 11) is -2.44. The molecule has 0 bridgehead atoms. The molecule has 25 heavy (non-hydrogen) atoms. The first-order chi connectivity index (χ1) is 11.9. The lowest BCUT2D eigenvalue weighted by Gasteiger charge is -2.14. The summed E-state index contributed by atoms with van der Waals surface area (Å²) in [6.07, 6.45) is 0. The number of amides is 1. The van der Waals surface area contributed by atoms with Crippen LogP contribution in [0.2, 0.25) is 0 Å². The van der Waals surface area contributed by atoms with Crippen LogP contribution in [0.25, 0.3) is 0 Å². The summed E-state index contributed by atoms with van der Waals surface area (Å²) in [5.74, 6) is 0.468. The Bertz CT molecular complexity index is 865. The molecule has 0 saturated carbocycles. The van der Waals surface area contributed by atoms with E-state index in [0.29, 0.717) is 23.8 Å². The maximum absolute atomic E-state index is 12.7. The topological polar surface area (TPSA) is 93.7 Å². The Morgan fingerprint density at radius 3 is 2.44 bits per heavy atom. The van der Waals surface area contributed by atoms with Crippen molar-refractivity contribution >= 4 is 27.3 Å². The fourth-order valence-electron chi connectivity index (χ4n) is 2.18. The molecular weight excluding hydrogens is 344 g/mol. The van der Waals surface area contributed by atoms with Crippen LogP contribution in [0.5, 0.6) is 11.5 Å². The molecule has 0 aliphatic heterocycles. The van der Waals surface area contributed by atoms with Crippen LogP contribution in [0.1, 0.15) is 13.8 Å². The minimum Gasteiger partial charge on any atom is -0.495 e. The third-order valence-electron chi connectivity index (χ3n) is 3.22. The predicted octanol–water partition coefficient (Wildman–Crippen LogP) is 2.85. The molecule has 8 heteroatoms. The Hall–Kier alpha value is -2.74. The van der Waals surface area contributed by atoms with Crippen LogP contribution in [0.15, 0.2) is 47.4 Å². The second kappa shape index (κ2) is 7.89. The number of nitrogens with one attached hydrogen (secondary N) is 2. The Morgan fingerprint density at radius 1 is 1.08 bits per heavy atom. The number of ether oxygens (including phenoxy) is 2. The van der Waals surface area contributed by atoms with Crippen LogP contribution in [0.3, 0.4) is 0 Å². The Morgan fingerprint density at radius 2 is 1.80 bits per heavy atom. The zero-order chi connectivity index (χ0) is 18.4. The third-order valence-corrected chi connectivity index (χ3v) is 4.59. The SMILES string of the molecule is CCOc1ccccc1NS(=O)(=O)c1ccc(OC)c(NC(C)=O)c1. The van der Waals surface area contributed by atoms with E-state index >= 15 is 0 Å². The average molecular weight is 364 g/mol. The lowest BCUT2D eigenvalue weighted by atomic mass is 10.3. The first-order valence-corrected chi connectivity index (χ1v) is 9.06. The molecule has 0 aliphatic rings. The minimum atomic E-state index is -3.87. The molecule has 0 heterocycles. The van der Waals surface area contributed by atoms with Gasteiger partial charge >= 0.3 is 0 Å². The number of anilines is 2. The molecule has 0 aromatic heterocycles. The lowest BCUT2D eigenvalue weighted by molar-refractivity contribution is -0.114. The van der Waals surface area contributed by atoms with Crippen LogP contribution in [0, 0.1) is 0 Å². The van der Waals surface area contributed by atoms with Crippen molar-refractivity contribution in [2.75, 3.05) is 23.8 Å². The first kappa shape index (κ1) is 18.6. The minimum absolute atomic E-state index is 0.0108. The van der Waals surface area contributed by atoms with Gasteiger partial charge in [0.25, 0.3) is 10.0 Å². The van der Waals surface area contributed by atoms with Crippen molar-refractivity contribution in [1.29, 1.82) is 0 Å². The van der Waals surface area contributed by atoms with E-state index in [2.05, 4.69) is 10.0 Å². The van der Waals surface area contributed by atoms with Crippen LogP contribution >= 0.6 is 0 Å². The number of sulfonamides is 1. The highest BCUT2D eigenvalue weighted by Crippen LogP contribution is 2.30. The molecule has 0 aliphatic carbocycles. The first-order valence-electron chi connectivity index (χ1n) is 7.57. The van der Waals surface area contributed by atoms with Crippen molar-refractivity contribution in [3.63, 3.8) is 0 Å². The van der Waals surface area contributed by atoms with Gasteiger partial charge in [-0.3, -0.25) is 9.52 Å². The number of carbonyl (C=O) groups excluding carboxylic acids is 1. The maximum atomic E-state index is 12.7. The monoisotopic (exact) mass is 364 g/mol. The van der Waals surface area contributed by atoms with Crippen LogP contribution in [-0.4, -0.2) is 28.0 Å². The lowest BCUT2D eigenvalue weighted by Crippen LogP contribution is -2.15. The van der Waals surface area contributed by atoms with E-state index < -0.39 is 10.0 Å². The summed E-state index contributed by atoms with van der Waals surface area (Å²) in [5, 5.41) is 2.55. The second-order valence-corrected chi connectivity index (χ2v) is 6.76. The largest absolute Gasteiger partial charge is 0.495 e. The van der Waals surface area contributed by atoms with Crippen LogP contribution in [0.4, 0.5) is 11.4 Å². The molecule has 2 aromatic rings. The molecule has 7 nitrogen and oxygen atoms in total. The number of benzene rings is 2. The summed E-state index contributed by atoms with van der Waals surface area (Å²) in [6.45, 7) is 3.56. The van der Waals surface area contributed by atoms with Gasteiger partial charge in [0.15, 0.2) is 0 Å². The van der Waals surface area contributed by atoms with Crippen molar-refractivity contribution in [3.05, 3.63) is 42.5 Å². The molecule has 0 fully saturated rings. The zero-order valence-corrected chi connectivity index (χ0v) is 15.0. The molecule has 0 atom stereocenters. The number of methoxy groups -OCH3 is 1. The summed E-state index contributed by atoms with van der Waals surface area (Å²) in [4.78, 5) is 11.3. The molecule has 0 saturated heterocycles. The predicted molar refractivity (Wildman–Crippen MR) is 95.7 cm³/mol. The van der Waals surface area contributed by atoms with E-state index in [1.54, 1.807) is 24.3 Å². The molecule has 0 spiro atoms. The van der Waals surface area contributed by atoms with Crippen LogP contribution in [-0.2, 0) is 14.8 Å². The fourth-order valence-corrected chi connectivity index (χ4v) is 3.27.